The summed E-state index contributed by atoms with van der Waals surface area (Å²) in [4.78, 5) is 14.8. The van der Waals surface area contributed by atoms with E-state index >= 15 is 0 Å². The Kier molecular flexibility index (Phi) is 2.89. The lowest BCUT2D eigenvalue weighted by atomic mass is 9.88. The van der Waals surface area contributed by atoms with Gasteiger partial charge in [-0.2, -0.15) is 0 Å². The molecular weight excluding hydrogens is 176 g/mol. The van der Waals surface area contributed by atoms with Crippen molar-refractivity contribution in [2.75, 3.05) is 0 Å². The van der Waals surface area contributed by atoms with Crippen LogP contribution in [0, 0.1) is 5.41 Å². The molecule has 0 unspecified atom stereocenters. The van der Waals surface area contributed by atoms with Crippen molar-refractivity contribution in [3.8, 4) is 0 Å². The van der Waals surface area contributed by atoms with Crippen LogP contribution < -0.4 is 5.73 Å². The second-order valence-corrected chi connectivity index (χ2v) is 4.65. The minimum Gasteiger partial charge on any atom is -0.364 e. The molecule has 0 aliphatic heterocycles. The summed E-state index contributed by atoms with van der Waals surface area (Å²) in [6.07, 6.45) is 2.54. The van der Waals surface area contributed by atoms with Crippen LogP contribution in [0.4, 0.5) is 0 Å². The Hall–Kier alpha value is -1.38. The van der Waals surface area contributed by atoms with Crippen LogP contribution in [0.3, 0.4) is 0 Å². The highest BCUT2D eigenvalue weighted by molar-refractivity contribution is 5.90. The molecule has 0 atom stereocenters. The van der Waals surface area contributed by atoms with E-state index in [1.54, 1.807) is 12.3 Å². The third kappa shape index (κ3) is 3.17. The lowest BCUT2D eigenvalue weighted by Crippen LogP contribution is -2.15. The molecule has 0 radical (unpaired) electrons. The van der Waals surface area contributed by atoms with E-state index in [2.05, 4.69) is 25.8 Å². The number of pyridine rings is 1. The number of hydrogen-bond donors (Lipinski definition) is 1. The number of carbonyl (C=O) groups is 1. The topological polar surface area (TPSA) is 56.0 Å². The van der Waals surface area contributed by atoms with Gasteiger partial charge in [-0.3, -0.25) is 9.78 Å². The maximum Gasteiger partial charge on any atom is 0.267 e. The minimum atomic E-state index is -0.472. The molecule has 0 bridgehead atoms. The first-order valence-corrected chi connectivity index (χ1v) is 4.63. The smallest absolute Gasteiger partial charge is 0.267 e. The van der Waals surface area contributed by atoms with Crippen LogP contribution in [0.25, 0.3) is 0 Å². The van der Waals surface area contributed by atoms with E-state index in [9.17, 15) is 4.79 Å². The molecule has 1 rings (SSSR count). The number of primary amides is 1. The second-order valence-electron chi connectivity index (χ2n) is 4.65. The Balaban J connectivity index is 2.89. The molecule has 1 aromatic rings. The highest BCUT2D eigenvalue weighted by Crippen LogP contribution is 2.20. The molecule has 0 aliphatic rings. The molecule has 1 heterocycles. The fourth-order valence-corrected chi connectivity index (χ4v) is 1.33. The first-order chi connectivity index (χ1) is 6.38. The number of amides is 1. The molecule has 76 valence electrons. The SMILES string of the molecule is CC(C)(C)Cc1ccnc(C(N)=O)c1. The number of rotatable bonds is 2. The molecule has 0 spiro atoms. The van der Waals surface area contributed by atoms with E-state index in [1.165, 1.54) is 0 Å². The zero-order valence-corrected chi connectivity index (χ0v) is 8.87. The summed E-state index contributed by atoms with van der Waals surface area (Å²) in [5.74, 6) is -0.472. The summed E-state index contributed by atoms with van der Waals surface area (Å²) >= 11 is 0. The van der Waals surface area contributed by atoms with Gasteiger partial charge in [-0.25, -0.2) is 0 Å². The van der Waals surface area contributed by atoms with Gasteiger partial charge < -0.3 is 5.73 Å². The molecule has 14 heavy (non-hydrogen) atoms. The Morgan fingerprint density at radius 1 is 1.50 bits per heavy atom. The molecule has 3 nitrogen and oxygen atoms in total. The zero-order valence-electron chi connectivity index (χ0n) is 8.87. The van der Waals surface area contributed by atoms with Crippen LogP contribution in [0.5, 0.6) is 0 Å². The average molecular weight is 192 g/mol. The van der Waals surface area contributed by atoms with Crippen molar-refractivity contribution < 1.29 is 4.79 Å². The van der Waals surface area contributed by atoms with E-state index in [-0.39, 0.29) is 5.41 Å². The van der Waals surface area contributed by atoms with Crippen LogP contribution in [0.15, 0.2) is 18.3 Å². The predicted molar refractivity (Wildman–Crippen MR) is 55.9 cm³/mol. The van der Waals surface area contributed by atoms with Crippen LogP contribution in [-0.2, 0) is 6.42 Å². The zero-order chi connectivity index (χ0) is 10.8. The molecule has 0 saturated carbocycles. The highest BCUT2D eigenvalue weighted by atomic mass is 16.1. The van der Waals surface area contributed by atoms with Crippen molar-refractivity contribution in [2.24, 2.45) is 11.1 Å². The Bertz CT molecular complexity index is 339. The largest absolute Gasteiger partial charge is 0.364 e. The standard InChI is InChI=1S/C11H16N2O/c1-11(2,3)7-8-4-5-13-9(6-8)10(12)14/h4-6H,7H2,1-3H3,(H2,12,14). The van der Waals surface area contributed by atoms with E-state index in [0.717, 1.165) is 12.0 Å². The lowest BCUT2D eigenvalue weighted by Gasteiger charge is -2.17. The molecule has 0 saturated heterocycles. The maximum absolute atomic E-state index is 10.9. The van der Waals surface area contributed by atoms with Gasteiger partial charge in [0.1, 0.15) is 5.69 Å². The molecule has 2 N–H and O–H groups in total. The summed E-state index contributed by atoms with van der Waals surface area (Å²) in [5, 5.41) is 0. The van der Waals surface area contributed by atoms with Gasteiger partial charge in [-0.1, -0.05) is 20.8 Å². The van der Waals surface area contributed by atoms with Gasteiger partial charge in [-0.05, 0) is 29.5 Å². The van der Waals surface area contributed by atoms with Gasteiger partial charge in [0.2, 0.25) is 0 Å². The van der Waals surface area contributed by atoms with Gasteiger partial charge >= 0.3 is 0 Å². The molecule has 0 aromatic carbocycles. The number of carbonyl (C=O) groups excluding carboxylic acids is 1. The average Bonchev–Trinajstić information content (AvgIpc) is 2.01. The van der Waals surface area contributed by atoms with Crippen LogP contribution in [-0.4, -0.2) is 10.9 Å². The van der Waals surface area contributed by atoms with Gasteiger partial charge in [0.25, 0.3) is 5.91 Å². The Labute approximate surface area is 84.3 Å². The Morgan fingerprint density at radius 2 is 2.14 bits per heavy atom. The van der Waals surface area contributed by atoms with Crippen molar-refractivity contribution in [3.05, 3.63) is 29.6 Å². The summed E-state index contributed by atoms with van der Waals surface area (Å²) in [5.41, 5.74) is 6.79. The molecule has 1 amide bonds. The van der Waals surface area contributed by atoms with Crippen LogP contribution in [0.2, 0.25) is 0 Å². The van der Waals surface area contributed by atoms with E-state index in [4.69, 9.17) is 5.73 Å². The van der Waals surface area contributed by atoms with Crippen molar-refractivity contribution >= 4 is 5.91 Å². The van der Waals surface area contributed by atoms with Crippen molar-refractivity contribution in [2.45, 2.75) is 27.2 Å². The quantitative estimate of drug-likeness (QED) is 0.776. The second kappa shape index (κ2) is 3.78. The van der Waals surface area contributed by atoms with Gasteiger partial charge in [0, 0.05) is 6.20 Å². The fraction of sp³-hybridized carbons (Fsp3) is 0.455. The summed E-state index contributed by atoms with van der Waals surface area (Å²) < 4.78 is 0. The molecule has 0 fully saturated rings. The van der Waals surface area contributed by atoms with Crippen molar-refractivity contribution in [1.82, 2.24) is 4.98 Å². The molecule has 3 heteroatoms. The lowest BCUT2D eigenvalue weighted by molar-refractivity contribution is 0.0995. The third-order valence-corrected chi connectivity index (χ3v) is 1.81. The summed E-state index contributed by atoms with van der Waals surface area (Å²) in [6.45, 7) is 6.45. The third-order valence-electron chi connectivity index (χ3n) is 1.81. The number of nitrogens with two attached hydrogens (primary N) is 1. The predicted octanol–water partition coefficient (Wildman–Crippen LogP) is 1.77. The molecule has 1 aromatic heterocycles. The van der Waals surface area contributed by atoms with Crippen LogP contribution in [0.1, 0.15) is 36.8 Å². The van der Waals surface area contributed by atoms with Gasteiger partial charge in [0.05, 0.1) is 0 Å². The van der Waals surface area contributed by atoms with Crippen LogP contribution >= 0.6 is 0 Å². The van der Waals surface area contributed by atoms with Gasteiger partial charge in [-0.15, -0.1) is 0 Å². The minimum absolute atomic E-state index is 0.205. The van der Waals surface area contributed by atoms with Gasteiger partial charge in [0.15, 0.2) is 0 Å². The first-order valence-electron chi connectivity index (χ1n) is 4.63. The Morgan fingerprint density at radius 3 is 2.64 bits per heavy atom. The number of aromatic nitrogens is 1. The summed E-state index contributed by atoms with van der Waals surface area (Å²) in [6, 6.07) is 3.67. The maximum atomic E-state index is 10.9. The molecular formula is C11H16N2O. The number of nitrogens with zero attached hydrogens (tertiary/aromatic N) is 1. The summed E-state index contributed by atoms with van der Waals surface area (Å²) in [7, 11) is 0. The number of hydrogen-bond acceptors (Lipinski definition) is 2. The molecule has 0 aliphatic carbocycles. The van der Waals surface area contributed by atoms with E-state index in [1.807, 2.05) is 6.07 Å². The highest BCUT2D eigenvalue weighted by Gasteiger charge is 2.12. The van der Waals surface area contributed by atoms with E-state index < -0.39 is 5.91 Å². The first kappa shape index (κ1) is 10.7. The normalized spacial score (nSPS) is 11.4. The monoisotopic (exact) mass is 192 g/mol. The van der Waals surface area contributed by atoms with Crippen molar-refractivity contribution in [3.63, 3.8) is 0 Å². The van der Waals surface area contributed by atoms with Crippen molar-refractivity contribution in [1.29, 1.82) is 0 Å². The fourth-order valence-electron chi connectivity index (χ4n) is 1.33. The van der Waals surface area contributed by atoms with E-state index in [0.29, 0.717) is 5.69 Å².